The molecule has 1 amide bonds. The van der Waals surface area contributed by atoms with Gasteiger partial charge in [-0.1, -0.05) is 32.9 Å². The molecule has 0 radical (unpaired) electrons. The fraction of sp³-hybridized carbons (Fsp3) is 0.391. The quantitative estimate of drug-likeness (QED) is 0.523. The SMILES string of the molecule is CCc1ccc(N(CC(C)C)S(=O)(=O)c2ccc3c(c2)[nH]c(=O)n3CC2CNC(=O)O2)cc1. The lowest BCUT2D eigenvalue weighted by atomic mass is 10.1. The summed E-state index contributed by atoms with van der Waals surface area (Å²) < 4.78 is 35.3. The molecule has 2 aromatic carbocycles. The number of benzene rings is 2. The highest BCUT2D eigenvalue weighted by Crippen LogP contribution is 2.27. The molecule has 0 aliphatic carbocycles. The topological polar surface area (TPSA) is 114 Å². The van der Waals surface area contributed by atoms with Crippen LogP contribution in [0.25, 0.3) is 11.0 Å². The molecule has 10 heteroatoms. The van der Waals surface area contributed by atoms with Crippen LogP contribution >= 0.6 is 0 Å². The number of hydrogen-bond donors (Lipinski definition) is 2. The van der Waals surface area contributed by atoms with Crippen molar-refractivity contribution in [2.75, 3.05) is 17.4 Å². The Morgan fingerprint density at radius 3 is 2.48 bits per heavy atom. The number of aryl methyl sites for hydroxylation is 1. The summed E-state index contributed by atoms with van der Waals surface area (Å²) in [7, 11) is -3.87. The monoisotopic (exact) mass is 472 g/mol. The normalized spacial score (nSPS) is 16.2. The standard InChI is InChI=1S/C23H28N4O5S/c1-4-16-5-7-17(8-6-16)27(13-15(2)3)33(30,31)19-9-10-21-20(11-19)25-22(28)26(21)14-18-12-24-23(29)32-18/h5-11,15,18H,4,12-14H2,1-3H3,(H,24,29)(H,25,28). The molecule has 33 heavy (non-hydrogen) atoms. The molecular weight excluding hydrogens is 444 g/mol. The van der Waals surface area contributed by atoms with Gasteiger partial charge in [0.15, 0.2) is 0 Å². The van der Waals surface area contributed by atoms with Crippen LogP contribution in [0.2, 0.25) is 0 Å². The van der Waals surface area contributed by atoms with E-state index in [1.807, 2.05) is 45.0 Å². The number of imidazole rings is 1. The first kappa shape index (κ1) is 22.9. The van der Waals surface area contributed by atoms with Gasteiger partial charge in [0.1, 0.15) is 6.10 Å². The summed E-state index contributed by atoms with van der Waals surface area (Å²) in [4.78, 5) is 26.6. The highest BCUT2D eigenvalue weighted by atomic mass is 32.2. The maximum absolute atomic E-state index is 13.6. The van der Waals surface area contributed by atoms with Gasteiger partial charge in [0.05, 0.1) is 34.7 Å². The molecule has 2 N–H and O–H groups in total. The maximum atomic E-state index is 13.6. The fourth-order valence-corrected chi connectivity index (χ4v) is 5.58. The molecule has 1 fully saturated rings. The van der Waals surface area contributed by atoms with E-state index in [-0.39, 0.29) is 17.4 Å². The van der Waals surface area contributed by atoms with E-state index in [4.69, 9.17) is 4.74 Å². The average Bonchev–Trinajstić information content (AvgIpc) is 3.34. The van der Waals surface area contributed by atoms with Gasteiger partial charge in [-0.05, 0) is 48.2 Å². The van der Waals surface area contributed by atoms with Crippen LogP contribution in [0.1, 0.15) is 26.3 Å². The number of aromatic nitrogens is 2. The third-order valence-electron chi connectivity index (χ3n) is 5.63. The van der Waals surface area contributed by atoms with Gasteiger partial charge in [-0.2, -0.15) is 0 Å². The molecule has 9 nitrogen and oxygen atoms in total. The van der Waals surface area contributed by atoms with Crippen molar-refractivity contribution in [2.45, 2.75) is 44.7 Å². The van der Waals surface area contributed by atoms with E-state index in [0.29, 0.717) is 29.8 Å². The zero-order valence-corrected chi connectivity index (χ0v) is 19.7. The van der Waals surface area contributed by atoms with Crippen molar-refractivity contribution in [1.29, 1.82) is 0 Å². The Bertz CT molecular complexity index is 1330. The number of nitrogens with one attached hydrogen (secondary N) is 2. The third kappa shape index (κ3) is 4.61. The summed E-state index contributed by atoms with van der Waals surface area (Å²) >= 11 is 0. The minimum absolute atomic E-state index is 0.0950. The Morgan fingerprint density at radius 1 is 1.15 bits per heavy atom. The molecule has 1 aliphatic heterocycles. The van der Waals surface area contributed by atoms with Crippen LogP contribution in [0, 0.1) is 5.92 Å². The number of sulfonamides is 1. The van der Waals surface area contributed by atoms with E-state index < -0.39 is 27.9 Å². The van der Waals surface area contributed by atoms with E-state index in [1.54, 1.807) is 6.07 Å². The zero-order valence-electron chi connectivity index (χ0n) is 18.9. The van der Waals surface area contributed by atoms with Crippen molar-refractivity contribution in [3.8, 4) is 0 Å². The number of hydrogen-bond acceptors (Lipinski definition) is 5. The summed E-state index contributed by atoms with van der Waals surface area (Å²) in [5, 5.41) is 2.56. The zero-order chi connectivity index (χ0) is 23.8. The summed E-state index contributed by atoms with van der Waals surface area (Å²) in [5.74, 6) is 0.109. The number of rotatable bonds is 8. The van der Waals surface area contributed by atoms with Crippen molar-refractivity contribution in [1.82, 2.24) is 14.9 Å². The van der Waals surface area contributed by atoms with Crippen LogP contribution in [0.5, 0.6) is 0 Å². The molecule has 176 valence electrons. The predicted molar refractivity (Wildman–Crippen MR) is 126 cm³/mol. The van der Waals surface area contributed by atoms with Crippen molar-refractivity contribution >= 4 is 32.8 Å². The van der Waals surface area contributed by atoms with E-state index in [2.05, 4.69) is 10.3 Å². The maximum Gasteiger partial charge on any atom is 0.407 e. The molecule has 1 aliphatic rings. The molecule has 0 bridgehead atoms. The smallest absolute Gasteiger partial charge is 0.407 e. The second-order valence-electron chi connectivity index (χ2n) is 8.58. The summed E-state index contributed by atoms with van der Waals surface area (Å²) in [6, 6.07) is 12.1. The second kappa shape index (κ2) is 8.93. The predicted octanol–water partition coefficient (Wildman–Crippen LogP) is 2.85. The number of cyclic esters (lactones) is 1. The van der Waals surface area contributed by atoms with Crippen LogP contribution in [0.3, 0.4) is 0 Å². The first-order valence-corrected chi connectivity index (χ1v) is 12.4. The lowest BCUT2D eigenvalue weighted by Gasteiger charge is -2.26. The number of alkyl carbamates (subject to hydrolysis) is 1. The molecule has 1 aromatic heterocycles. The van der Waals surface area contributed by atoms with E-state index >= 15 is 0 Å². The number of nitrogens with zero attached hydrogens (tertiary/aromatic N) is 2. The van der Waals surface area contributed by atoms with Gasteiger partial charge >= 0.3 is 11.8 Å². The van der Waals surface area contributed by atoms with Crippen LogP contribution in [-0.2, 0) is 27.7 Å². The molecule has 0 saturated carbocycles. The van der Waals surface area contributed by atoms with Gasteiger partial charge in [-0.25, -0.2) is 18.0 Å². The van der Waals surface area contributed by atoms with Crippen molar-refractivity contribution in [3.05, 3.63) is 58.5 Å². The van der Waals surface area contributed by atoms with Crippen molar-refractivity contribution in [3.63, 3.8) is 0 Å². The first-order chi connectivity index (χ1) is 15.7. The second-order valence-corrected chi connectivity index (χ2v) is 10.4. The van der Waals surface area contributed by atoms with Gasteiger partial charge in [0.25, 0.3) is 10.0 Å². The number of carbonyl (C=O) groups excluding carboxylic acids is 1. The van der Waals surface area contributed by atoms with E-state index in [0.717, 1.165) is 12.0 Å². The minimum atomic E-state index is -3.87. The lowest BCUT2D eigenvalue weighted by molar-refractivity contribution is 0.131. The number of carbonyl (C=O) groups is 1. The van der Waals surface area contributed by atoms with Crippen LogP contribution in [0.4, 0.5) is 10.5 Å². The Labute approximate surface area is 192 Å². The van der Waals surface area contributed by atoms with E-state index in [9.17, 15) is 18.0 Å². The fourth-order valence-electron chi connectivity index (χ4n) is 3.92. The van der Waals surface area contributed by atoms with Crippen molar-refractivity contribution < 1.29 is 17.9 Å². The number of amides is 1. The first-order valence-electron chi connectivity index (χ1n) is 11.0. The largest absolute Gasteiger partial charge is 0.442 e. The minimum Gasteiger partial charge on any atom is -0.442 e. The highest BCUT2D eigenvalue weighted by Gasteiger charge is 2.28. The third-order valence-corrected chi connectivity index (χ3v) is 7.42. The van der Waals surface area contributed by atoms with Gasteiger partial charge in [0.2, 0.25) is 0 Å². The molecule has 0 spiro atoms. The lowest BCUT2D eigenvalue weighted by Crippen LogP contribution is -2.34. The van der Waals surface area contributed by atoms with Gasteiger partial charge in [0, 0.05) is 6.54 Å². The van der Waals surface area contributed by atoms with Gasteiger partial charge in [-0.3, -0.25) is 8.87 Å². The number of aromatic amines is 1. The highest BCUT2D eigenvalue weighted by molar-refractivity contribution is 7.92. The molecule has 1 unspecified atom stereocenters. The number of fused-ring (bicyclic) bond motifs is 1. The molecule has 1 atom stereocenters. The number of anilines is 1. The molecule has 2 heterocycles. The Balaban J connectivity index is 1.70. The Hall–Kier alpha value is -3.27. The van der Waals surface area contributed by atoms with Crippen LogP contribution in [-0.4, -0.2) is 43.3 Å². The average molecular weight is 473 g/mol. The Kier molecular flexibility index (Phi) is 6.20. The van der Waals surface area contributed by atoms with Gasteiger partial charge < -0.3 is 15.0 Å². The molecule has 1 saturated heterocycles. The molecule has 3 aromatic rings. The van der Waals surface area contributed by atoms with E-state index in [1.165, 1.54) is 21.0 Å². The summed E-state index contributed by atoms with van der Waals surface area (Å²) in [5.41, 5.74) is 2.29. The van der Waals surface area contributed by atoms with Crippen molar-refractivity contribution in [2.24, 2.45) is 5.92 Å². The molecule has 4 rings (SSSR count). The number of H-pyrrole nitrogens is 1. The summed E-state index contributed by atoms with van der Waals surface area (Å²) in [6.45, 7) is 6.79. The van der Waals surface area contributed by atoms with Crippen LogP contribution < -0.4 is 15.3 Å². The molecular formula is C23H28N4O5S. The van der Waals surface area contributed by atoms with Crippen LogP contribution in [0.15, 0.2) is 52.2 Å². The number of ether oxygens (including phenoxy) is 1. The summed E-state index contributed by atoms with van der Waals surface area (Å²) in [6.07, 6.45) is -0.113. The Morgan fingerprint density at radius 2 is 1.88 bits per heavy atom. The van der Waals surface area contributed by atoms with Gasteiger partial charge in [-0.15, -0.1) is 0 Å².